The zero-order chi connectivity index (χ0) is 14.9. The lowest BCUT2D eigenvalue weighted by Crippen LogP contribution is -2.08. The van der Waals surface area contributed by atoms with E-state index in [2.05, 4.69) is 30.8 Å². The molecule has 11 heteroatoms. The van der Waals surface area contributed by atoms with E-state index in [9.17, 15) is 0 Å². The maximum Gasteiger partial charge on any atom is 0.177 e. The first-order valence-corrected chi connectivity index (χ1v) is 6.64. The SMILES string of the molecule is OCCn1nnc(CCOCCc2nnn(CCO)n2)n1. The third-order valence-corrected chi connectivity index (χ3v) is 2.53. The number of hydrogen-bond acceptors (Lipinski definition) is 9. The van der Waals surface area contributed by atoms with Gasteiger partial charge in [-0.25, -0.2) is 0 Å². The summed E-state index contributed by atoms with van der Waals surface area (Å²) in [5, 5.41) is 40.9. The normalized spacial score (nSPS) is 11.1. The average Bonchev–Trinajstić information content (AvgIpc) is 3.09. The second kappa shape index (κ2) is 8.34. The Morgan fingerprint density at radius 1 is 0.810 bits per heavy atom. The Morgan fingerprint density at radius 3 is 1.71 bits per heavy atom. The van der Waals surface area contributed by atoms with Crippen molar-refractivity contribution in [3.63, 3.8) is 0 Å². The fraction of sp³-hybridized carbons (Fsp3) is 0.800. The monoisotopic (exact) mass is 298 g/mol. The second-order valence-electron chi connectivity index (χ2n) is 4.16. The number of aromatic nitrogens is 8. The molecule has 0 radical (unpaired) electrons. The van der Waals surface area contributed by atoms with Crippen molar-refractivity contribution in [2.75, 3.05) is 26.4 Å². The Kier molecular flexibility index (Phi) is 6.12. The molecule has 0 aromatic carbocycles. The van der Waals surface area contributed by atoms with Crippen LogP contribution in [0.4, 0.5) is 0 Å². The van der Waals surface area contributed by atoms with E-state index in [1.165, 1.54) is 9.59 Å². The van der Waals surface area contributed by atoms with Crippen molar-refractivity contribution >= 4 is 0 Å². The molecule has 0 aliphatic heterocycles. The molecule has 2 heterocycles. The van der Waals surface area contributed by atoms with Gasteiger partial charge in [-0.05, 0) is 10.4 Å². The van der Waals surface area contributed by atoms with Gasteiger partial charge in [-0.15, -0.1) is 20.4 Å². The Balaban J connectivity index is 1.60. The molecule has 0 atom stereocenters. The molecule has 0 unspecified atom stereocenters. The Morgan fingerprint density at radius 2 is 1.29 bits per heavy atom. The summed E-state index contributed by atoms with van der Waals surface area (Å²) in [7, 11) is 0. The van der Waals surface area contributed by atoms with Crippen LogP contribution in [0.3, 0.4) is 0 Å². The first kappa shape index (κ1) is 15.4. The third-order valence-electron chi connectivity index (χ3n) is 2.53. The predicted octanol–water partition coefficient (Wildman–Crippen LogP) is -2.55. The fourth-order valence-electron chi connectivity index (χ4n) is 1.55. The molecule has 0 amide bonds. The van der Waals surface area contributed by atoms with E-state index < -0.39 is 0 Å². The highest BCUT2D eigenvalue weighted by Gasteiger charge is 2.04. The molecule has 0 bridgehead atoms. The van der Waals surface area contributed by atoms with E-state index in [1.807, 2.05) is 0 Å². The van der Waals surface area contributed by atoms with Crippen LogP contribution in [0, 0.1) is 0 Å². The van der Waals surface area contributed by atoms with Gasteiger partial charge in [0.15, 0.2) is 11.6 Å². The zero-order valence-corrected chi connectivity index (χ0v) is 11.5. The maximum absolute atomic E-state index is 8.73. The molecule has 2 rings (SSSR count). The molecular weight excluding hydrogens is 280 g/mol. The summed E-state index contributed by atoms with van der Waals surface area (Å²) < 4.78 is 5.45. The number of tetrazole rings is 2. The predicted molar refractivity (Wildman–Crippen MR) is 68.0 cm³/mol. The summed E-state index contributed by atoms with van der Waals surface area (Å²) in [6.07, 6.45) is 1.10. The van der Waals surface area contributed by atoms with Gasteiger partial charge in [-0.2, -0.15) is 9.59 Å². The lowest BCUT2D eigenvalue weighted by molar-refractivity contribution is 0.137. The topological polar surface area (TPSA) is 137 Å². The van der Waals surface area contributed by atoms with Crippen LogP contribution in [-0.4, -0.2) is 77.1 Å². The van der Waals surface area contributed by atoms with Crippen LogP contribution in [0.5, 0.6) is 0 Å². The third kappa shape index (κ3) is 5.13. The maximum atomic E-state index is 8.73. The van der Waals surface area contributed by atoms with Crippen LogP contribution >= 0.6 is 0 Å². The lowest BCUT2D eigenvalue weighted by atomic mass is 10.4. The van der Waals surface area contributed by atoms with Crippen LogP contribution in [0.1, 0.15) is 11.6 Å². The molecule has 2 N–H and O–H groups in total. The molecule has 0 saturated carbocycles. The van der Waals surface area contributed by atoms with Gasteiger partial charge in [0.2, 0.25) is 0 Å². The lowest BCUT2D eigenvalue weighted by Gasteiger charge is -1.99. The molecule has 2 aromatic rings. The summed E-state index contributed by atoms with van der Waals surface area (Å²) in [5.41, 5.74) is 0. The summed E-state index contributed by atoms with van der Waals surface area (Å²) in [4.78, 5) is 2.69. The minimum Gasteiger partial charge on any atom is -0.394 e. The minimum atomic E-state index is -0.0176. The number of aliphatic hydroxyl groups excluding tert-OH is 2. The van der Waals surface area contributed by atoms with Gasteiger partial charge in [-0.3, -0.25) is 0 Å². The summed E-state index contributed by atoms with van der Waals surface area (Å²) in [5.74, 6) is 1.16. The Labute approximate surface area is 120 Å². The average molecular weight is 298 g/mol. The molecular formula is C10H18N8O3. The quantitative estimate of drug-likeness (QED) is 0.454. The molecule has 11 nitrogen and oxygen atoms in total. The molecule has 0 aliphatic carbocycles. The van der Waals surface area contributed by atoms with Crippen molar-refractivity contribution in [2.24, 2.45) is 0 Å². The number of nitrogens with zero attached hydrogens (tertiary/aromatic N) is 8. The smallest absolute Gasteiger partial charge is 0.177 e. The molecule has 21 heavy (non-hydrogen) atoms. The number of hydrogen-bond donors (Lipinski definition) is 2. The van der Waals surface area contributed by atoms with E-state index in [-0.39, 0.29) is 13.2 Å². The Hall–Kier alpha value is -1.98. The van der Waals surface area contributed by atoms with E-state index in [4.69, 9.17) is 14.9 Å². The number of rotatable bonds is 10. The van der Waals surface area contributed by atoms with E-state index in [1.54, 1.807) is 0 Å². The largest absolute Gasteiger partial charge is 0.394 e. The van der Waals surface area contributed by atoms with Crippen molar-refractivity contribution < 1.29 is 14.9 Å². The van der Waals surface area contributed by atoms with Crippen LogP contribution in [-0.2, 0) is 30.7 Å². The van der Waals surface area contributed by atoms with Gasteiger partial charge in [0.1, 0.15) is 0 Å². The highest BCUT2D eigenvalue weighted by atomic mass is 16.5. The van der Waals surface area contributed by atoms with Gasteiger partial charge >= 0.3 is 0 Å². The number of ether oxygens (including phenoxy) is 1. The molecule has 0 aliphatic rings. The minimum absolute atomic E-state index is 0.0176. The van der Waals surface area contributed by atoms with Gasteiger partial charge in [0.25, 0.3) is 0 Å². The highest BCUT2D eigenvalue weighted by Crippen LogP contribution is 1.93. The molecule has 0 saturated heterocycles. The molecule has 116 valence electrons. The van der Waals surface area contributed by atoms with Crippen molar-refractivity contribution in [3.05, 3.63) is 11.6 Å². The van der Waals surface area contributed by atoms with Crippen molar-refractivity contribution in [1.29, 1.82) is 0 Å². The summed E-state index contributed by atoms with van der Waals surface area (Å²) in [6.45, 7) is 1.57. The van der Waals surface area contributed by atoms with Crippen molar-refractivity contribution in [2.45, 2.75) is 25.9 Å². The van der Waals surface area contributed by atoms with Gasteiger partial charge < -0.3 is 14.9 Å². The van der Waals surface area contributed by atoms with Gasteiger partial charge in [0, 0.05) is 12.8 Å². The first-order valence-electron chi connectivity index (χ1n) is 6.64. The van der Waals surface area contributed by atoms with Crippen LogP contribution in [0.2, 0.25) is 0 Å². The van der Waals surface area contributed by atoms with Crippen molar-refractivity contribution in [1.82, 2.24) is 40.4 Å². The van der Waals surface area contributed by atoms with Crippen LogP contribution in [0.15, 0.2) is 0 Å². The highest BCUT2D eigenvalue weighted by molar-refractivity contribution is 4.78. The van der Waals surface area contributed by atoms with Crippen LogP contribution < -0.4 is 0 Å². The van der Waals surface area contributed by atoms with Gasteiger partial charge in [0.05, 0.1) is 39.5 Å². The Bertz CT molecular complexity index is 482. The number of aliphatic hydroxyl groups is 2. The molecule has 0 fully saturated rings. The van der Waals surface area contributed by atoms with Gasteiger partial charge in [-0.1, -0.05) is 0 Å². The van der Waals surface area contributed by atoms with E-state index >= 15 is 0 Å². The summed E-state index contributed by atoms with van der Waals surface area (Å²) in [6, 6.07) is 0. The molecule has 0 spiro atoms. The molecule has 2 aromatic heterocycles. The zero-order valence-electron chi connectivity index (χ0n) is 11.5. The second-order valence-corrected chi connectivity index (χ2v) is 4.16. The van der Waals surface area contributed by atoms with Crippen molar-refractivity contribution in [3.8, 4) is 0 Å². The fourth-order valence-corrected chi connectivity index (χ4v) is 1.55. The standard InChI is InChI=1S/C10H18N8O3/c19-5-3-17-13-9(11-15-17)1-7-21-8-2-10-12-16-18(14-10)4-6-20/h19-20H,1-8H2. The van der Waals surface area contributed by atoms with E-state index in [0.717, 1.165) is 0 Å². The first-order chi connectivity index (χ1) is 10.3. The summed E-state index contributed by atoms with van der Waals surface area (Å²) >= 11 is 0. The van der Waals surface area contributed by atoms with Crippen LogP contribution in [0.25, 0.3) is 0 Å². The van der Waals surface area contributed by atoms with E-state index in [0.29, 0.717) is 50.8 Å².